The van der Waals surface area contributed by atoms with Crippen molar-refractivity contribution in [1.29, 1.82) is 0 Å². The number of anilines is 1. The van der Waals surface area contributed by atoms with Gasteiger partial charge in [-0.2, -0.15) is 0 Å². The van der Waals surface area contributed by atoms with Gasteiger partial charge in [0.2, 0.25) is 5.91 Å². The number of imide groups is 1. The Balaban J connectivity index is 2.07. The van der Waals surface area contributed by atoms with Crippen molar-refractivity contribution in [2.24, 2.45) is 0 Å². The largest absolute Gasteiger partial charge is 0.478 e. The summed E-state index contributed by atoms with van der Waals surface area (Å²) in [6.45, 7) is -0.564. The number of carboxylic acid groups (broad SMARTS) is 1. The van der Waals surface area contributed by atoms with Crippen LogP contribution < -0.4 is 10.6 Å². The van der Waals surface area contributed by atoms with Crippen LogP contribution in [-0.4, -0.2) is 46.9 Å². The maximum Gasteiger partial charge on any atom is 0.335 e. The highest BCUT2D eigenvalue weighted by Gasteiger charge is 2.30. The third-order valence-electron chi connectivity index (χ3n) is 2.67. The number of amides is 4. The molecule has 21 heavy (non-hydrogen) atoms. The van der Waals surface area contributed by atoms with E-state index < -0.39 is 30.4 Å². The van der Waals surface area contributed by atoms with Gasteiger partial charge in [0.1, 0.15) is 6.54 Å². The molecule has 110 valence electrons. The van der Waals surface area contributed by atoms with Gasteiger partial charge >= 0.3 is 12.0 Å². The fraction of sp³-hybridized carbons (Fsp3) is 0.167. The standard InChI is InChI=1S/C12H10BrN3O5/c13-7-1-6(11(19)20)2-8(3-7)15-9(17)5-16-10(18)4-14-12(16)21/h1-3H,4-5H2,(H,14,21)(H,15,17)(H,19,20). The molecule has 0 bridgehead atoms. The van der Waals surface area contributed by atoms with Crippen molar-refractivity contribution >= 4 is 45.4 Å². The molecule has 0 aromatic heterocycles. The summed E-state index contributed by atoms with van der Waals surface area (Å²) in [6.07, 6.45) is 0. The minimum absolute atomic E-state index is 0.00494. The predicted molar refractivity (Wildman–Crippen MR) is 74.8 cm³/mol. The smallest absolute Gasteiger partial charge is 0.335 e. The van der Waals surface area contributed by atoms with Crippen LogP contribution in [0.25, 0.3) is 0 Å². The number of carboxylic acids is 1. The molecule has 0 radical (unpaired) electrons. The van der Waals surface area contributed by atoms with E-state index in [-0.39, 0.29) is 17.8 Å². The van der Waals surface area contributed by atoms with Crippen LogP contribution in [-0.2, 0) is 9.59 Å². The summed E-state index contributed by atoms with van der Waals surface area (Å²) in [5, 5.41) is 13.7. The first-order chi connectivity index (χ1) is 9.86. The molecular weight excluding hydrogens is 346 g/mol. The number of hydrogen-bond donors (Lipinski definition) is 3. The Morgan fingerprint density at radius 3 is 2.62 bits per heavy atom. The number of rotatable bonds is 4. The van der Waals surface area contributed by atoms with Crippen LogP contribution in [0.3, 0.4) is 0 Å². The van der Waals surface area contributed by atoms with Gasteiger partial charge < -0.3 is 15.7 Å². The van der Waals surface area contributed by atoms with Crippen LogP contribution in [0.5, 0.6) is 0 Å². The number of aromatic carboxylic acids is 1. The molecule has 9 heteroatoms. The van der Waals surface area contributed by atoms with E-state index in [1.807, 2.05) is 0 Å². The van der Waals surface area contributed by atoms with Gasteiger partial charge in [-0.15, -0.1) is 0 Å². The number of halogens is 1. The average molecular weight is 356 g/mol. The van der Waals surface area contributed by atoms with E-state index >= 15 is 0 Å². The van der Waals surface area contributed by atoms with Gasteiger partial charge in [-0.3, -0.25) is 14.5 Å². The Kier molecular flexibility index (Phi) is 4.22. The Labute approximate surface area is 127 Å². The topological polar surface area (TPSA) is 116 Å². The highest BCUT2D eigenvalue weighted by Crippen LogP contribution is 2.19. The van der Waals surface area contributed by atoms with E-state index in [4.69, 9.17) is 5.11 Å². The summed E-state index contributed by atoms with van der Waals surface area (Å²) in [5.41, 5.74) is 0.244. The lowest BCUT2D eigenvalue weighted by Gasteiger charge is -2.12. The van der Waals surface area contributed by atoms with Crippen LogP contribution >= 0.6 is 15.9 Å². The van der Waals surface area contributed by atoms with E-state index in [9.17, 15) is 19.2 Å². The molecule has 1 aromatic carbocycles. The van der Waals surface area contributed by atoms with Gasteiger partial charge in [-0.05, 0) is 18.2 Å². The van der Waals surface area contributed by atoms with Crippen LogP contribution in [0.1, 0.15) is 10.4 Å². The van der Waals surface area contributed by atoms with E-state index in [2.05, 4.69) is 26.6 Å². The zero-order chi connectivity index (χ0) is 15.6. The number of nitrogens with zero attached hydrogens (tertiary/aromatic N) is 1. The van der Waals surface area contributed by atoms with Crippen molar-refractivity contribution in [3.63, 3.8) is 0 Å². The van der Waals surface area contributed by atoms with E-state index in [1.54, 1.807) is 0 Å². The molecule has 0 aliphatic carbocycles. The number of carbonyl (C=O) groups excluding carboxylic acids is 3. The molecule has 8 nitrogen and oxygen atoms in total. The first-order valence-electron chi connectivity index (χ1n) is 5.79. The third kappa shape index (κ3) is 3.57. The van der Waals surface area contributed by atoms with Gasteiger partial charge in [0.25, 0.3) is 5.91 Å². The van der Waals surface area contributed by atoms with Crippen LogP contribution in [0.2, 0.25) is 0 Å². The van der Waals surface area contributed by atoms with Crippen molar-refractivity contribution in [3.05, 3.63) is 28.2 Å². The molecule has 1 heterocycles. The first kappa shape index (κ1) is 15.0. The first-order valence-corrected chi connectivity index (χ1v) is 6.58. The van der Waals surface area contributed by atoms with Gasteiger partial charge in [-0.25, -0.2) is 9.59 Å². The molecule has 1 fully saturated rings. The van der Waals surface area contributed by atoms with Crippen molar-refractivity contribution in [3.8, 4) is 0 Å². The maximum atomic E-state index is 11.8. The lowest BCUT2D eigenvalue weighted by molar-refractivity contribution is -0.128. The van der Waals surface area contributed by atoms with E-state index in [0.29, 0.717) is 4.47 Å². The number of urea groups is 1. The molecule has 1 aliphatic heterocycles. The Morgan fingerprint density at radius 2 is 2.05 bits per heavy atom. The fourth-order valence-corrected chi connectivity index (χ4v) is 2.24. The summed E-state index contributed by atoms with van der Waals surface area (Å²) in [7, 11) is 0. The number of hydrogen-bond acceptors (Lipinski definition) is 4. The Morgan fingerprint density at radius 1 is 1.33 bits per heavy atom. The van der Waals surface area contributed by atoms with Gasteiger partial charge in [0, 0.05) is 10.2 Å². The third-order valence-corrected chi connectivity index (χ3v) is 3.13. The minimum Gasteiger partial charge on any atom is -0.478 e. The lowest BCUT2D eigenvalue weighted by atomic mass is 10.2. The molecule has 1 saturated heterocycles. The molecular formula is C12H10BrN3O5. The molecule has 0 spiro atoms. The van der Waals surface area contributed by atoms with Crippen LogP contribution in [0.4, 0.5) is 10.5 Å². The van der Waals surface area contributed by atoms with Crippen molar-refractivity contribution in [1.82, 2.24) is 10.2 Å². The van der Waals surface area contributed by atoms with Gasteiger partial charge in [-0.1, -0.05) is 15.9 Å². The SMILES string of the molecule is O=C(CN1C(=O)CNC1=O)Nc1cc(Br)cc(C(=O)O)c1. The zero-order valence-electron chi connectivity index (χ0n) is 10.6. The predicted octanol–water partition coefficient (Wildman–Crippen LogP) is 0.638. The summed E-state index contributed by atoms with van der Waals surface area (Å²) >= 11 is 3.14. The molecule has 1 aliphatic rings. The average Bonchev–Trinajstić information content (AvgIpc) is 2.69. The normalized spacial score (nSPS) is 14.0. The van der Waals surface area contributed by atoms with Crippen LogP contribution in [0, 0.1) is 0 Å². The monoisotopic (exact) mass is 355 g/mol. The molecule has 4 amide bonds. The Bertz CT molecular complexity index is 630. The molecule has 0 unspecified atom stereocenters. The van der Waals surface area contributed by atoms with E-state index in [0.717, 1.165) is 4.90 Å². The molecule has 3 N–H and O–H groups in total. The highest BCUT2D eigenvalue weighted by atomic mass is 79.9. The molecule has 0 saturated carbocycles. The summed E-state index contributed by atoms with van der Waals surface area (Å²) < 4.78 is 0.479. The quantitative estimate of drug-likeness (QED) is 0.685. The number of benzene rings is 1. The van der Waals surface area contributed by atoms with Crippen molar-refractivity contribution in [2.45, 2.75) is 0 Å². The summed E-state index contributed by atoms with van der Waals surface area (Å²) in [5.74, 6) is -2.23. The van der Waals surface area contributed by atoms with Crippen molar-refractivity contribution < 1.29 is 24.3 Å². The minimum atomic E-state index is -1.14. The van der Waals surface area contributed by atoms with Crippen LogP contribution in [0.15, 0.2) is 22.7 Å². The molecule has 1 aromatic rings. The molecule has 0 atom stereocenters. The molecule has 2 rings (SSSR count). The summed E-state index contributed by atoms with van der Waals surface area (Å²) in [4.78, 5) is 46.2. The van der Waals surface area contributed by atoms with E-state index in [1.165, 1.54) is 18.2 Å². The van der Waals surface area contributed by atoms with Crippen molar-refractivity contribution in [2.75, 3.05) is 18.4 Å². The second-order valence-electron chi connectivity index (χ2n) is 4.22. The second-order valence-corrected chi connectivity index (χ2v) is 5.14. The zero-order valence-corrected chi connectivity index (χ0v) is 12.1. The van der Waals surface area contributed by atoms with Gasteiger partial charge in [0.15, 0.2) is 0 Å². The fourth-order valence-electron chi connectivity index (χ4n) is 1.74. The summed E-state index contributed by atoms with van der Waals surface area (Å²) in [6, 6.07) is 3.54. The van der Waals surface area contributed by atoms with Gasteiger partial charge in [0.05, 0.1) is 12.1 Å². The number of carbonyl (C=O) groups is 4. The number of nitrogens with one attached hydrogen (secondary N) is 2. The Hall–Kier alpha value is -2.42. The maximum absolute atomic E-state index is 11.8. The second kappa shape index (κ2) is 5.92. The lowest BCUT2D eigenvalue weighted by Crippen LogP contribution is -2.38. The highest BCUT2D eigenvalue weighted by molar-refractivity contribution is 9.10.